The fourth-order valence-electron chi connectivity index (χ4n) is 8.57. The summed E-state index contributed by atoms with van der Waals surface area (Å²) in [6.07, 6.45) is 11.3. The lowest BCUT2D eigenvalue weighted by Crippen LogP contribution is -2.38. The van der Waals surface area contributed by atoms with Gasteiger partial charge < -0.3 is 9.30 Å². The number of aliphatic imine (C=N–C) groups is 1. The molecule has 6 aromatic carbocycles. The van der Waals surface area contributed by atoms with Gasteiger partial charge in [-0.3, -0.25) is 5.01 Å². The van der Waals surface area contributed by atoms with Crippen LogP contribution in [0.4, 0.5) is 5.69 Å². The topological polar surface area (TPSA) is 41.8 Å². The fourth-order valence-corrected chi connectivity index (χ4v) is 8.57. The summed E-state index contributed by atoms with van der Waals surface area (Å²) in [6, 6.07) is 53.7. The maximum absolute atomic E-state index is 6.51. The van der Waals surface area contributed by atoms with Crippen molar-refractivity contribution in [1.29, 1.82) is 0 Å². The molecule has 0 amide bonds. The van der Waals surface area contributed by atoms with Gasteiger partial charge in [0, 0.05) is 27.8 Å². The Labute approximate surface area is 333 Å². The van der Waals surface area contributed by atoms with Crippen molar-refractivity contribution < 1.29 is 4.74 Å². The quantitative estimate of drug-likeness (QED) is 0.185. The van der Waals surface area contributed by atoms with Crippen LogP contribution in [0.5, 0.6) is 5.75 Å². The highest BCUT2D eigenvalue weighted by atomic mass is 16.5. The van der Waals surface area contributed by atoms with Gasteiger partial charge in [-0.15, -0.1) is 0 Å². The molecule has 2 unspecified atom stereocenters. The summed E-state index contributed by atoms with van der Waals surface area (Å²) in [5.41, 5.74) is 18.5. The minimum atomic E-state index is -0.194. The van der Waals surface area contributed by atoms with E-state index in [-0.39, 0.29) is 12.1 Å². The largest absolute Gasteiger partial charge is 0.488 e. The number of amidine groups is 1. The number of aromatic nitrogens is 1. The Kier molecular flexibility index (Phi) is 8.85. The lowest BCUT2D eigenvalue weighted by atomic mass is 9.82. The van der Waals surface area contributed by atoms with Crippen LogP contribution in [-0.2, 0) is 0 Å². The van der Waals surface area contributed by atoms with Crippen LogP contribution in [0.3, 0.4) is 0 Å². The number of ether oxygens (including phenoxy) is 1. The molecular formula is C52H42N4O. The van der Waals surface area contributed by atoms with Crippen LogP contribution in [-0.4, -0.2) is 17.0 Å². The Morgan fingerprint density at radius 2 is 1.40 bits per heavy atom. The summed E-state index contributed by atoms with van der Waals surface area (Å²) >= 11 is 0. The van der Waals surface area contributed by atoms with E-state index in [1.807, 2.05) is 30.4 Å². The van der Waals surface area contributed by atoms with Crippen LogP contribution in [0.2, 0.25) is 0 Å². The first-order chi connectivity index (χ1) is 28.1. The molecule has 0 spiro atoms. The van der Waals surface area contributed by atoms with Crippen molar-refractivity contribution >= 4 is 39.6 Å². The number of allylic oxidation sites excluding steroid dienone is 5. The second kappa shape index (κ2) is 14.6. The van der Waals surface area contributed by atoms with Gasteiger partial charge in [-0.25, -0.2) is 4.99 Å². The van der Waals surface area contributed by atoms with Gasteiger partial charge in [0.25, 0.3) is 0 Å². The Morgan fingerprint density at radius 1 is 0.702 bits per heavy atom. The van der Waals surface area contributed by atoms with Crippen LogP contribution >= 0.6 is 0 Å². The number of hydrogen-bond donors (Lipinski definition) is 1. The van der Waals surface area contributed by atoms with E-state index in [1.165, 1.54) is 38.9 Å². The number of anilines is 1. The molecule has 3 aliphatic rings. The van der Waals surface area contributed by atoms with E-state index in [1.54, 1.807) is 0 Å². The van der Waals surface area contributed by atoms with E-state index in [0.29, 0.717) is 6.61 Å². The van der Waals surface area contributed by atoms with Crippen molar-refractivity contribution in [2.45, 2.75) is 25.4 Å². The molecule has 2 aliphatic heterocycles. The van der Waals surface area contributed by atoms with Crippen molar-refractivity contribution in [3.8, 4) is 22.6 Å². The van der Waals surface area contributed by atoms with Crippen molar-refractivity contribution in [2.24, 2.45) is 4.99 Å². The summed E-state index contributed by atoms with van der Waals surface area (Å²) in [7, 11) is 0. The average Bonchev–Trinajstić information content (AvgIpc) is 3.88. The van der Waals surface area contributed by atoms with E-state index < -0.39 is 0 Å². The van der Waals surface area contributed by atoms with Gasteiger partial charge in [-0.1, -0.05) is 147 Å². The number of fused-ring (bicyclic) bond motifs is 4. The Morgan fingerprint density at radius 3 is 2.18 bits per heavy atom. The standard InChI is InChI=1S/C52H42N4O/c1-35-16-7-6-14-31-57-50-44(35)23-15-24-45(50)41-32-36(2)49-46-33-40(37-17-8-3-9-18-37)25-30-47(46)55(48(49)34-41)42-26-28-43(29-27-42)56-52(39-21-12-5-13-22-39)53-51(54-56)38-19-10-4-11-20-38/h3-30,33-34,36,51,54H,1,31-32H2,2H3/b14-6-,16-7-. The number of hydrogen-bond acceptors (Lipinski definition) is 4. The van der Waals surface area contributed by atoms with E-state index >= 15 is 0 Å². The van der Waals surface area contributed by atoms with Crippen molar-refractivity contribution in [3.05, 3.63) is 216 Å². The van der Waals surface area contributed by atoms with E-state index in [9.17, 15) is 0 Å². The summed E-state index contributed by atoms with van der Waals surface area (Å²) in [4.78, 5) is 5.18. The summed E-state index contributed by atoms with van der Waals surface area (Å²) in [5.74, 6) is 2.04. The van der Waals surface area contributed by atoms with E-state index in [2.05, 4.69) is 180 Å². The minimum Gasteiger partial charge on any atom is -0.488 e. The first kappa shape index (κ1) is 34.5. The fraction of sp³-hybridized carbons (Fsp3) is 0.0962. The molecule has 7 aromatic rings. The molecule has 2 atom stereocenters. The third-order valence-electron chi connectivity index (χ3n) is 11.3. The molecule has 5 heteroatoms. The molecule has 1 N–H and O–H groups in total. The van der Waals surface area contributed by atoms with Gasteiger partial charge in [0.2, 0.25) is 0 Å². The highest BCUT2D eigenvalue weighted by Gasteiger charge is 2.30. The molecule has 0 radical (unpaired) electrons. The minimum absolute atomic E-state index is 0.194. The summed E-state index contributed by atoms with van der Waals surface area (Å²) < 4.78 is 8.95. The predicted octanol–water partition coefficient (Wildman–Crippen LogP) is 12.3. The molecule has 0 saturated heterocycles. The zero-order valence-corrected chi connectivity index (χ0v) is 31.8. The number of rotatable bonds is 6. The maximum Gasteiger partial charge on any atom is 0.152 e. The van der Waals surface area contributed by atoms with Crippen molar-refractivity contribution in [1.82, 2.24) is 9.99 Å². The van der Waals surface area contributed by atoms with Crippen LogP contribution in [0.15, 0.2) is 188 Å². The van der Waals surface area contributed by atoms with Crippen LogP contribution in [0.25, 0.3) is 44.9 Å². The summed E-state index contributed by atoms with van der Waals surface area (Å²) in [5, 5.41) is 3.40. The smallest absolute Gasteiger partial charge is 0.152 e. The molecule has 3 heterocycles. The Balaban J connectivity index is 1.11. The Hall–Kier alpha value is -6.95. The monoisotopic (exact) mass is 738 g/mol. The number of nitrogens with one attached hydrogen (secondary N) is 1. The highest BCUT2D eigenvalue weighted by molar-refractivity contribution is 6.10. The third-order valence-corrected chi connectivity index (χ3v) is 11.3. The molecule has 5 nitrogen and oxygen atoms in total. The molecule has 1 aromatic heterocycles. The zero-order chi connectivity index (χ0) is 38.3. The first-order valence-electron chi connectivity index (χ1n) is 19.7. The molecule has 0 bridgehead atoms. The SMILES string of the molecule is C=C1/C=C\C=C/COc2c1cccc2C1=Cc2c(c3cc(-c4ccccc4)ccc3n2-c2ccc(N3NC(c4ccccc4)N=C3c3ccccc3)cc2)C(C)C1. The zero-order valence-electron chi connectivity index (χ0n) is 31.8. The Bertz CT molecular complexity index is 2760. The third kappa shape index (κ3) is 6.32. The van der Waals surface area contributed by atoms with Gasteiger partial charge in [-0.2, -0.15) is 5.43 Å². The molecular weight excluding hydrogens is 697 g/mol. The van der Waals surface area contributed by atoms with Gasteiger partial charge in [0.05, 0.1) is 16.9 Å². The molecule has 10 rings (SSSR count). The van der Waals surface area contributed by atoms with Gasteiger partial charge in [0.1, 0.15) is 18.5 Å². The highest BCUT2D eigenvalue weighted by Crippen LogP contribution is 2.47. The number of hydrazine groups is 1. The van der Waals surface area contributed by atoms with Crippen molar-refractivity contribution in [2.75, 3.05) is 11.6 Å². The van der Waals surface area contributed by atoms with E-state index in [4.69, 9.17) is 9.73 Å². The second-order valence-corrected chi connectivity index (χ2v) is 14.9. The number of benzene rings is 6. The molecule has 0 saturated carbocycles. The number of para-hydroxylation sites is 1. The van der Waals surface area contributed by atoms with Gasteiger partial charge >= 0.3 is 0 Å². The van der Waals surface area contributed by atoms with Crippen LogP contribution < -0.4 is 15.2 Å². The van der Waals surface area contributed by atoms with Crippen LogP contribution in [0.1, 0.15) is 58.9 Å². The maximum atomic E-state index is 6.51. The average molecular weight is 739 g/mol. The summed E-state index contributed by atoms with van der Waals surface area (Å²) in [6.45, 7) is 7.25. The molecule has 1 aliphatic carbocycles. The predicted molar refractivity (Wildman–Crippen MR) is 237 cm³/mol. The lowest BCUT2D eigenvalue weighted by Gasteiger charge is -2.25. The van der Waals surface area contributed by atoms with Gasteiger partial charge in [-0.05, 0) is 94.3 Å². The normalized spacial score (nSPS) is 18.7. The first-order valence-corrected chi connectivity index (χ1v) is 19.7. The second-order valence-electron chi connectivity index (χ2n) is 14.9. The van der Waals surface area contributed by atoms with E-state index in [0.717, 1.165) is 57.2 Å². The van der Waals surface area contributed by atoms with Gasteiger partial charge in [0.15, 0.2) is 5.84 Å². The lowest BCUT2D eigenvalue weighted by molar-refractivity contribution is 0.361. The molecule has 0 fully saturated rings. The van der Waals surface area contributed by atoms with Crippen LogP contribution in [0, 0.1) is 0 Å². The van der Waals surface area contributed by atoms with Crippen molar-refractivity contribution in [3.63, 3.8) is 0 Å². The molecule has 276 valence electrons. The molecule has 57 heavy (non-hydrogen) atoms. The number of nitrogens with zero attached hydrogens (tertiary/aromatic N) is 3.